The molecule has 0 atom stereocenters. The van der Waals surface area contributed by atoms with Gasteiger partial charge in [-0.2, -0.15) is 4.80 Å². The Balaban J connectivity index is 1.72. The van der Waals surface area contributed by atoms with E-state index < -0.39 is 17.7 Å². The minimum absolute atomic E-state index is 0.0749. The Morgan fingerprint density at radius 3 is 2.65 bits per heavy atom. The van der Waals surface area contributed by atoms with Gasteiger partial charge in [0.05, 0.1) is 23.9 Å². The zero-order valence-corrected chi connectivity index (χ0v) is 13.7. The summed E-state index contributed by atoms with van der Waals surface area (Å²) in [6.07, 6.45) is 0. The highest BCUT2D eigenvalue weighted by Gasteiger charge is 2.15. The number of amides is 1. The van der Waals surface area contributed by atoms with Crippen molar-refractivity contribution in [3.8, 4) is 11.4 Å². The minimum Gasteiger partial charge on any atom is -0.465 e. The summed E-state index contributed by atoms with van der Waals surface area (Å²) >= 11 is 0. The van der Waals surface area contributed by atoms with E-state index in [4.69, 9.17) is 0 Å². The SMILES string of the molecule is COC(=O)c1ccccc1NC(=O)Cn1nnc(-c2ccccc2F)n1. The molecule has 3 rings (SSSR count). The lowest BCUT2D eigenvalue weighted by molar-refractivity contribution is -0.117. The molecule has 0 spiro atoms. The van der Waals surface area contributed by atoms with Crippen LogP contribution in [0.4, 0.5) is 10.1 Å². The number of anilines is 1. The van der Waals surface area contributed by atoms with Crippen molar-refractivity contribution >= 4 is 17.6 Å². The molecule has 1 heterocycles. The van der Waals surface area contributed by atoms with Crippen LogP contribution >= 0.6 is 0 Å². The number of carbonyl (C=O) groups is 2. The number of esters is 1. The van der Waals surface area contributed by atoms with Crippen molar-refractivity contribution in [2.24, 2.45) is 0 Å². The van der Waals surface area contributed by atoms with E-state index >= 15 is 0 Å². The molecule has 0 unspecified atom stereocenters. The summed E-state index contributed by atoms with van der Waals surface area (Å²) < 4.78 is 18.4. The van der Waals surface area contributed by atoms with E-state index in [0.717, 1.165) is 4.80 Å². The molecule has 0 aliphatic carbocycles. The summed E-state index contributed by atoms with van der Waals surface area (Å²) in [4.78, 5) is 24.9. The van der Waals surface area contributed by atoms with E-state index in [1.165, 1.54) is 25.3 Å². The molecule has 132 valence electrons. The fourth-order valence-corrected chi connectivity index (χ4v) is 2.26. The van der Waals surface area contributed by atoms with Crippen molar-refractivity contribution < 1.29 is 18.7 Å². The van der Waals surface area contributed by atoms with E-state index in [1.807, 2.05) is 0 Å². The van der Waals surface area contributed by atoms with Gasteiger partial charge in [-0.3, -0.25) is 4.79 Å². The highest BCUT2D eigenvalue weighted by atomic mass is 19.1. The van der Waals surface area contributed by atoms with Gasteiger partial charge in [0.2, 0.25) is 11.7 Å². The zero-order valence-electron chi connectivity index (χ0n) is 13.7. The molecule has 0 aliphatic rings. The van der Waals surface area contributed by atoms with Crippen LogP contribution in [0.25, 0.3) is 11.4 Å². The van der Waals surface area contributed by atoms with Crippen LogP contribution in [0.15, 0.2) is 48.5 Å². The van der Waals surface area contributed by atoms with Gasteiger partial charge < -0.3 is 10.1 Å². The maximum atomic E-state index is 13.7. The number of para-hydroxylation sites is 1. The van der Waals surface area contributed by atoms with Crippen molar-refractivity contribution in [2.75, 3.05) is 12.4 Å². The number of hydrogen-bond acceptors (Lipinski definition) is 6. The lowest BCUT2D eigenvalue weighted by atomic mass is 10.2. The first-order chi connectivity index (χ1) is 12.6. The zero-order chi connectivity index (χ0) is 18.5. The van der Waals surface area contributed by atoms with Gasteiger partial charge in [0, 0.05) is 0 Å². The number of tetrazole rings is 1. The lowest BCUT2D eigenvalue weighted by Gasteiger charge is -2.08. The van der Waals surface area contributed by atoms with Gasteiger partial charge in [-0.05, 0) is 29.5 Å². The maximum Gasteiger partial charge on any atom is 0.339 e. The molecule has 0 radical (unpaired) electrons. The fourth-order valence-electron chi connectivity index (χ4n) is 2.26. The molecule has 8 nitrogen and oxygen atoms in total. The van der Waals surface area contributed by atoms with E-state index in [2.05, 4.69) is 25.5 Å². The number of ether oxygens (including phenoxy) is 1. The average molecular weight is 355 g/mol. The van der Waals surface area contributed by atoms with Crippen LogP contribution in [0.2, 0.25) is 0 Å². The molecule has 0 bridgehead atoms. The van der Waals surface area contributed by atoms with Crippen LogP contribution in [0.3, 0.4) is 0 Å². The van der Waals surface area contributed by atoms with Crippen molar-refractivity contribution in [2.45, 2.75) is 6.54 Å². The number of halogens is 1. The Bertz CT molecular complexity index is 957. The van der Waals surface area contributed by atoms with E-state index in [9.17, 15) is 14.0 Å². The molecule has 1 aromatic heterocycles. The van der Waals surface area contributed by atoms with E-state index in [0.29, 0.717) is 5.69 Å². The molecule has 3 aromatic rings. The standard InChI is InChI=1S/C17H14FN5O3/c1-26-17(25)12-7-3-5-9-14(12)19-15(24)10-23-21-16(20-22-23)11-6-2-4-8-13(11)18/h2-9H,10H2,1H3,(H,19,24). The molecule has 0 saturated heterocycles. The third-order valence-corrected chi connectivity index (χ3v) is 3.46. The first-order valence-electron chi connectivity index (χ1n) is 7.58. The second kappa shape index (κ2) is 7.51. The van der Waals surface area contributed by atoms with Crippen LogP contribution < -0.4 is 5.32 Å². The number of hydrogen-bond donors (Lipinski definition) is 1. The highest BCUT2D eigenvalue weighted by Crippen LogP contribution is 2.18. The fraction of sp³-hybridized carbons (Fsp3) is 0.118. The van der Waals surface area contributed by atoms with E-state index in [-0.39, 0.29) is 23.5 Å². The molecule has 0 aliphatic heterocycles. The Labute approximate surface area is 147 Å². The number of nitrogens with one attached hydrogen (secondary N) is 1. The summed E-state index contributed by atoms with van der Waals surface area (Å²) in [6, 6.07) is 12.4. The van der Waals surface area contributed by atoms with Gasteiger partial charge in [0.25, 0.3) is 0 Å². The maximum absolute atomic E-state index is 13.7. The third-order valence-electron chi connectivity index (χ3n) is 3.46. The molecule has 26 heavy (non-hydrogen) atoms. The summed E-state index contributed by atoms with van der Waals surface area (Å²) in [6.45, 7) is -0.253. The predicted molar refractivity (Wildman–Crippen MR) is 89.6 cm³/mol. The van der Waals surface area contributed by atoms with Crippen LogP contribution in [0.5, 0.6) is 0 Å². The summed E-state index contributed by atoms with van der Waals surface area (Å²) in [7, 11) is 1.25. The molecule has 1 N–H and O–H groups in total. The third kappa shape index (κ3) is 3.72. The van der Waals surface area contributed by atoms with Crippen LogP contribution in [-0.4, -0.2) is 39.2 Å². The Morgan fingerprint density at radius 1 is 1.15 bits per heavy atom. The largest absolute Gasteiger partial charge is 0.465 e. The summed E-state index contributed by atoms with van der Waals surface area (Å²) in [5.41, 5.74) is 0.718. The van der Waals surface area contributed by atoms with Gasteiger partial charge >= 0.3 is 5.97 Å². The molecule has 0 saturated carbocycles. The smallest absolute Gasteiger partial charge is 0.339 e. The van der Waals surface area contributed by atoms with Crippen molar-refractivity contribution in [3.05, 3.63) is 59.9 Å². The second-order valence-corrected chi connectivity index (χ2v) is 5.21. The van der Waals surface area contributed by atoms with Gasteiger partial charge in [-0.1, -0.05) is 24.3 Å². The van der Waals surface area contributed by atoms with Gasteiger partial charge in [-0.25, -0.2) is 9.18 Å². The number of nitrogens with zero attached hydrogens (tertiary/aromatic N) is 4. The number of carbonyl (C=O) groups excluding carboxylic acids is 2. The quantitative estimate of drug-likeness (QED) is 0.702. The molecule has 9 heteroatoms. The number of benzene rings is 2. The number of methoxy groups -OCH3 is 1. The normalized spacial score (nSPS) is 10.4. The van der Waals surface area contributed by atoms with Gasteiger partial charge in [0.1, 0.15) is 12.4 Å². The predicted octanol–water partition coefficient (Wildman–Crippen LogP) is 1.90. The topological polar surface area (TPSA) is 99.0 Å². The van der Waals surface area contributed by atoms with Gasteiger partial charge in [0.15, 0.2) is 0 Å². The lowest BCUT2D eigenvalue weighted by Crippen LogP contribution is -2.22. The van der Waals surface area contributed by atoms with E-state index in [1.54, 1.807) is 30.3 Å². The molecule has 1 amide bonds. The average Bonchev–Trinajstić information content (AvgIpc) is 3.10. The highest BCUT2D eigenvalue weighted by molar-refractivity contribution is 6.01. The summed E-state index contributed by atoms with van der Waals surface area (Å²) in [5, 5.41) is 14.1. The van der Waals surface area contributed by atoms with Crippen molar-refractivity contribution in [1.29, 1.82) is 0 Å². The Morgan fingerprint density at radius 2 is 1.88 bits per heavy atom. The summed E-state index contributed by atoms with van der Waals surface area (Å²) in [5.74, 6) is -1.45. The number of rotatable bonds is 5. The van der Waals surface area contributed by atoms with Gasteiger partial charge in [-0.15, -0.1) is 10.2 Å². The number of aromatic nitrogens is 4. The van der Waals surface area contributed by atoms with Crippen LogP contribution in [0, 0.1) is 5.82 Å². The second-order valence-electron chi connectivity index (χ2n) is 5.21. The monoisotopic (exact) mass is 355 g/mol. The first kappa shape index (κ1) is 17.2. The molecular weight excluding hydrogens is 341 g/mol. The first-order valence-corrected chi connectivity index (χ1v) is 7.58. The van der Waals surface area contributed by atoms with Crippen molar-refractivity contribution in [3.63, 3.8) is 0 Å². The molecular formula is C17H14FN5O3. The minimum atomic E-state index is -0.568. The van der Waals surface area contributed by atoms with Crippen LogP contribution in [-0.2, 0) is 16.1 Å². The Kier molecular flexibility index (Phi) is 4.97. The Hall–Kier alpha value is -3.62. The van der Waals surface area contributed by atoms with Crippen molar-refractivity contribution in [1.82, 2.24) is 20.2 Å². The molecule has 2 aromatic carbocycles. The van der Waals surface area contributed by atoms with Crippen LogP contribution in [0.1, 0.15) is 10.4 Å². The molecule has 0 fully saturated rings.